The third-order valence-corrected chi connectivity index (χ3v) is 10.3. The molecule has 2 heterocycles. The largest absolute Gasteiger partial charge is 0.306 e. The molecule has 2 aromatic carbocycles. The second-order valence-electron chi connectivity index (χ2n) is 10.5. The van der Waals surface area contributed by atoms with Crippen molar-refractivity contribution in [1.29, 1.82) is 0 Å². The Kier molecular flexibility index (Phi) is 8.68. The number of nitrogens with one attached hydrogen (secondary N) is 1. The van der Waals surface area contributed by atoms with Crippen molar-refractivity contribution in [3.63, 3.8) is 0 Å². The average molecular weight is 580 g/mol. The number of hydrogen-bond donors (Lipinski definition) is 1. The van der Waals surface area contributed by atoms with E-state index in [1.165, 1.54) is 36.1 Å². The number of sulfonamides is 1. The van der Waals surface area contributed by atoms with Crippen LogP contribution in [0.25, 0.3) is 15.3 Å². The van der Waals surface area contributed by atoms with E-state index in [2.05, 4.69) is 36.4 Å². The van der Waals surface area contributed by atoms with Gasteiger partial charge in [-0.3, -0.25) is 4.79 Å². The minimum atomic E-state index is -3.62. The number of hydrogen-bond acceptors (Lipinski definition) is 6. The number of carbonyl (C=O) groups is 1. The molecule has 1 aliphatic rings. The molecule has 0 spiro atoms. The van der Waals surface area contributed by atoms with Gasteiger partial charge in [-0.05, 0) is 93.0 Å². The quantitative estimate of drug-likeness (QED) is 0.218. The fourth-order valence-corrected chi connectivity index (χ4v) is 7.60. The molecule has 8 nitrogen and oxygen atoms in total. The Hall–Kier alpha value is -3.08. The molecule has 40 heavy (non-hydrogen) atoms. The molecule has 4 aromatic rings. The summed E-state index contributed by atoms with van der Waals surface area (Å²) in [6, 6.07) is 12.4. The molecule has 1 amide bonds. The van der Waals surface area contributed by atoms with Gasteiger partial charge in [0.05, 0.1) is 20.8 Å². The fraction of sp³-hybridized carbons (Fsp3) is 0.433. The summed E-state index contributed by atoms with van der Waals surface area (Å²) in [4.78, 5) is 18.2. The molecular formula is C30H37N5O3S2. The normalized spacial score (nSPS) is 13.6. The molecule has 0 fully saturated rings. The van der Waals surface area contributed by atoms with E-state index >= 15 is 0 Å². The number of benzene rings is 2. The van der Waals surface area contributed by atoms with Crippen LogP contribution in [0.1, 0.15) is 79.6 Å². The Balaban J connectivity index is 1.35. The lowest BCUT2D eigenvalue weighted by molar-refractivity contribution is 0.102. The fourth-order valence-electron chi connectivity index (χ4n) is 5.11. The van der Waals surface area contributed by atoms with E-state index in [1.807, 2.05) is 13.0 Å². The van der Waals surface area contributed by atoms with Gasteiger partial charge in [-0.1, -0.05) is 38.0 Å². The van der Waals surface area contributed by atoms with Gasteiger partial charge in [-0.2, -0.15) is 14.1 Å². The molecule has 1 N–H and O–H groups in total. The molecule has 2 aromatic heterocycles. The molecule has 212 valence electrons. The molecule has 0 bridgehead atoms. The van der Waals surface area contributed by atoms with E-state index in [0.29, 0.717) is 29.6 Å². The Morgan fingerprint density at radius 2 is 1.65 bits per heavy atom. The molecular weight excluding hydrogens is 542 g/mol. The number of aryl methyl sites for hydroxylation is 3. The van der Waals surface area contributed by atoms with Gasteiger partial charge in [0.15, 0.2) is 0 Å². The van der Waals surface area contributed by atoms with Crippen molar-refractivity contribution < 1.29 is 13.2 Å². The zero-order valence-corrected chi connectivity index (χ0v) is 25.1. The van der Waals surface area contributed by atoms with Crippen molar-refractivity contribution in [3.8, 4) is 5.13 Å². The van der Waals surface area contributed by atoms with Crippen LogP contribution in [0.3, 0.4) is 0 Å². The minimum absolute atomic E-state index is 0.203. The zero-order valence-electron chi connectivity index (χ0n) is 23.4. The number of unbranched alkanes of at least 4 members (excludes halogenated alkanes) is 2. The Morgan fingerprint density at radius 3 is 2.30 bits per heavy atom. The third-order valence-electron chi connectivity index (χ3n) is 7.37. The smallest absolute Gasteiger partial charge is 0.256 e. The molecule has 0 aliphatic heterocycles. The summed E-state index contributed by atoms with van der Waals surface area (Å²) in [7, 11) is -3.62. The summed E-state index contributed by atoms with van der Waals surface area (Å²) in [5.41, 5.74) is 4.87. The summed E-state index contributed by atoms with van der Waals surface area (Å²) in [5.74, 6) is 0.184. The van der Waals surface area contributed by atoms with Crippen molar-refractivity contribution in [2.45, 2.75) is 77.0 Å². The topological polar surface area (TPSA) is 97.2 Å². The maximum Gasteiger partial charge on any atom is 0.256 e. The average Bonchev–Trinajstić information content (AvgIpc) is 3.53. The van der Waals surface area contributed by atoms with Crippen LogP contribution >= 0.6 is 11.3 Å². The number of thiazole rings is 1. The van der Waals surface area contributed by atoms with E-state index in [4.69, 9.17) is 4.98 Å². The maximum absolute atomic E-state index is 13.3. The van der Waals surface area contributed by atoms with E-state index < -0.39 is 10.0 Å². The van der Waals surface area contributed by atoms with E-state index in [9.17, 15) is 13.2 Å². The first kappa shape index (κ1) is 28.4. The van der Waals surface area contributed by atoms with Crippen molar-refractivity contribution in [2.75, 3.05) is 18.4 Å². The number of amides is 1. The lowest BCUT2D eigenvalue weighted by Crippen LogP contribution is -2.33. The first-order valence-electron chi connectivity index (χ1n) is 14.2. The molecule has 5 rings (SSSR count). The molecule has 0 saturated carbocycles. The SMILES string of the molecule is CCCCN(CCCC)S(=O)(=O)c1ccc(C(=O)Nc2cc(C)nn2-c2nc3cc4c(cc3s2)CCCC4)cc1. The summed E-state index contributed by atoms with van der Waals surface area (Å²) >= 11 is 1.56. The summed E-state index contributed by atoms with van der Waals surface area (Å²) in [5, 5.41) is 8.25. The first-order chi connectivity index (χ1) is 19.3. The molecule has 0 unspecified atom stereocenters. The summed E-state index contributed by atoms with van der Waals surface area (Å²) in [6.07, 6.45) is 8.11. The predicted octanol–water partition coefficient (Wildman–Crippen LogP) is 6.51. The van der Waals surface area contributed by atoms with Crippen molar-refractivity contribution in [1.82, 2.24) is 19.1 Å². The maximum atomic E-state index is 13.3. The highest BCUT2D eigenvalue weighted by Gasteiger charge is 2.24. The van der Waals surface area contributed by atoms with Gasteiger partial charge in [0, 0.05) is 24.7 Å². The molecule has 0 saturated heterocycles. The Morgan fingerprint density at radius 1 is 1.00 bits per heavy atom. The van der Waals surface area contributed by atoms with Crippen LogP contribution in [0.5, 0.6) is 0 Å². The van der Waals surface area contributed by atoms with Gasteiger partial charge in [0.2, 0.25) is 15.2 Å². The van der Waals surface area contributed by atoms with Gasteiger partial charge in [0.25, 0.3) is 5.91 Å². The Labute approximate surface area is 240 Å². The standard InChI is InChI=1S/C30H37N5O3S2/c1-4-6-16-34(17-7-5-2)40(37,38)25-14-12-22(13-15-25)29(36)32-28-18-21(3)33-35(28)30-31-26-19-23-10-8-9-11-24(23)20-27(26)39-30/h12-15,18-20H,4-11,16-17H2,1-3H3,(H,32,36). The second kappa shape index (κ2) is 12.2. The van der Waals surface area contributed by atoms with Gasteiger partial charge < -0.3 is 5.32 Å². The summed E-state index contributed by atoms with van der Waals surface area (Å²) in [6.45, 7) is 6.97. The highest BCUT2D eigenvalue weighted by atomic mass is 32.2. The number of nitrogens with zero attached hydrogens (tertiary/aromatic N) is 4. The Bertz CT molecular complexity index is 1560. The van der Waals surface area contributed by atoms with Crippen LogP contribution in [0.15, 0.2) is 47.4 Å². The van der Waals surface area contributed by atoms with Crippen molar-refractivity contribution in [3.05, 3.63) is 64.8 Å². The van der Waals surface area contributed by atoms with Gasteiger partial charge in [0.1, 0.15) is 5.82 Å². The lowest BCUT2D eigenvalue weighted by atomic mass is 9.92. The van der Waals surface area contributed by atoms with Crippen LogP contribution in [0.2, 0.25) is 0 Å². The third kappa shape index (κ3) is 5.99. The highest BCUT2D eigenvalue weighted by Crippen LogP contribution is 2.32. The van der Waals surface area contributed by atoms with E-state index in [1.54, 1.807) is 32.5 Å². The van der Waals surface area contributed by atoms with Crippen LogP contribution in [0, 0.1) is 6.92 Å². The number of rotatable bonds is 11. The molecule has 0 atom stereocenters. The van der Waals surface area contributed by atoms with Gasteiger partial charge in [-0.15, -0.1) is 0 Å². The lowest BCUT2D eigenvalue weighted by Gasteiger charge is -2.22. The first-order valence-corrected chi connectivity index (χ1v) is 16.5. The van der Waals surface area contributed by atoms with Crippen LogP contribution in [-0.2, 0) is 22.9 Å². The number of carbonyl (C=O) groups excluding carboxylic acids is 1. The van der Waals surface area contributed by atoms with Crippen LogP contribution in [0.4, 0.5) is 5.82 Å². The van der Waals surface area contributed by atoms with Crippen LogP contribution < -0.4 is 5.32 Å². The molecule has 10 heteroatoms. The number of fused-ring (bicyclic) bond motifs is 2. The second-order valence-corrected chi connectivity index (χ2v) is 13.4. The summed E-state index contributed by atoms with van der Waals surface area (Å²) < 4.78 is 30.9. The van der Waals surface area contributed by atoms with Gasteiger partial charge in [-0.25, -0.2) is 13.4 Å². The monoisotopic (exact) mass is 579 g/mol. The predicted molar refractivity (Wildman–Crippen MR) is 161 cm³/mol. The highest BCUT2D eigenvalue weighted by molar-refractivity contribution is 7.89. The van der Waals surface area contributed by atoms with Crippen LogP contribution in [-0.4, -0.2) is 46.5 Å². The zero-order chi connectivity index (χ0) is 28.3. The van der Waals surface area contributed by atoms with Crippen molar-refractivity contribution >= 4 is 43.3 Å². The van der Waals surface area contributed by atoms with Crippen molar-refractivity contribution in [2.24, 2.45) is 0 Å². The number of aromatic nitrogens is 3. The van der Waals surface area contributed by atoms with E-state index in [0.717, 1.165) is 54.4 Å². The van der Waals surface area contributed by atoms with Gasteiger partial charge >= 0.3 is 0 Å². The molecule has 0 radical (unpaired) electrons. The molecule has 1 aliphatic carbocycles. The van der Waals surface area contributed by atoms with E-state index in [-0.39, 0.29) is 10.8 Å². The minimum Gasteiger partial charge on any atom is -0.306 e. The number of anilines is 1.